The van der Waals surface area contributed by atoms with E-state index in [0.717, 1.165) is 18.5 Å². The van der Waals surface area contributed by atoms with Crippen LogP contribution >= 0.6 is 0 Å². The Kier molecular flexibility index (Phi) is 4.03. The van der Waals surface area contributed by atoms with E-state index in [-0.39, 0.29) is 12.1 Å². The maximum absolute atomic E-state index is 5.99. The Balaban J connectivity index is 2.43. The monoisotopic (exact) mass is 198 g/mol. The average molecular weight is 198 g/mol. The highest BCUT2D eigenvalue weighted by molar-refractivity contribution is 5.00. The summed E-state index contributed by atoms with van der Waals surface area (Å²) in [5.74, 6) is 0. The van der Waals surface area contributed by atoms with Crippen LogP contribution in [0.2, 0.25) is 0 Å². The molecule has 0 saturated heterocycles. The molecule has 0 bridgehead atoms. The van der Waals surface area contributed by atoms with Crippen LogP contribution in [0, 0.1) is 0 Å². The van der Waals surface area contributed by atoms with E-state index in [0.29, 0.717) is 0 Å². The van der Waals surface area contributed by atoms with Crippen LogP contribution in [0.25, 0.3) is 0 Å². The maximum Gasteiger partial charge on any atom is 0.0751 e. The van der Waals surface area contributed by atoms with Crippen LogP contribution in [0.15, 0.2) is 6.20 Å². The van der Waals surface area contributed by atoms with E-state index in [9.17, 15) is 0 Å². The van der Waals surface area contributed by atoms with Gasteiger partial charge in [0, 0.05) is 20.2 Å². The average Bonchev–Trinajstić information content (AvgIpc) is 2.60. The van der Waals surface area contributed by atoms with Crippen molar-refractivity contribution in [2.24, 2.45) is 12.8 Å². The lowest BCUT2D eigenvalue weighted by molar-refractivity contribution is 0.107. The molecule has 1 aromatic heterocycles. The van der Waals surface area contributed by atoms with Crippen LogP contribution in [-0.4, -0.2) is 28.2 Å². The van der Waals surface area contributed by atoms with Gasteiger partial charge in [-0.05, 0) is 19.8 Å². The second kappa shape index (κ2) is 5.07. The fourth-order valence-corrected chi connectivity index (χ4v) is 1.31. The Bertz CT molecular complexity index is 274. The van der Waals surface area contributed by atoms with Crippen LogP contribution < -0.4 is 5.73 Å². The van der Waals surface area contributed by atoms with Crippen molar-refractivity contribution in [2.45, 2.75) is 31.9 Å². The van der Waals surface area contributed by atoms with Crippen molar-refractivity contribution in [1.29, 1.82) is 0 Å². The van der Waals surface area contributed by atoms with Crippen molar-refractivity contribution in [2.75, 3.05) is 7.11 Å². The van der Waals surface area contributed by atoms with Crippen LogP contribution in [0.1, 0.15) is 31.5 Å². The number of nitrogens with two attached hydrogens (primary N) is 1. The summed E-state index contributed by atoms with van der Waals surface area (Å²) in [7, 11) is 3.56. The zero-order chi connectivity index (χ0) is 10.6. The standard InChI is InChI=1S/C9H18N4O/c1-7(14-3)4-5-8(10)9-6-11-12-13(9)2/h6-8H,4-5,10H2,1-3H3. The van der Waals surface area contributed by atoms with E-state index in [2.05, 4.69) is 10.3 Å². The Morgan fingerprint density at radius 3 is 2.79 bits per heavy atom. The molecule has 80 valence electrons. The molecule has 0 aromatic carbocycles. The molecule has 2 atom stereocenters. The third kappa shape index (κ3) is 2.78. The molecule has 0 spiro atoms. The number of ether oxygens (including phenoxy) is 1. The van der Waals surface area contributed by atoms with Crippen molar-refractivity contribution in [1.82, 2.24) is 15.0 Å². The molecule has 1 rings (SSSR count). The Labute approximate surface area is 84.2 Å². The Hall–Kier alpha value is -0.940. The lowest BCUT2D eigenvalue weighted by atomic mass is 10.1. The van der Waals surface area contributed by atoms with Gasteiger partial charge in [0.15, 0.2) is 0 Å². The zero-order valence-electron chi connectivity index (χ0n) is 8.97. The minimum atomic E-state index is -0.00685. The fraction of sp³-hybridized carbons (Fsp3) is 0.778. The van der Waals surface area contributed by atoms with Gasteiger partial charge in [-0.1, -0.05) is 5.21 Å². The van der Waals surface area contributed by atoms with Crippen LogP contribution in [0.5, 0.6) is 0 Å². The lowest BCUT2D eigenvalue weighted by Gasteiger charge is -2.14. The predicted molar refractivity (Wildman–Crippen MR) is 53.6 cm³/mol. The van der Waals surface area contributed by atoms with E-state index in [1.54, 1.807) is 18.0 Å². The largest absolute Gasteiger partial charge is 0.382 e. The topological polar surface area (TPSA) is 66.0 Å². The third-order valence-electron chi connectivity index (χ3n) is 2.42. The van der Waals surface area contributed by atoms with Gasteiger partial charge in [-0.2, -0.15) is 0 Å². The summed E-state index contributed by atoms with van der Waals surface area (Å²) in [6.07, 6.45) is 3.79. The Morgan fingerprint density at radius 2 is 2.29 bits per heavy atom. The van der Waals surface area contributed by atoms with Crippen molar-refractivity contribution >= 4 is 0 Å². The van der Waals surface area contributed by atoms with Gasteiger partial charge >= 0.3 is 0 Å². The minimum absolute atomic E-state index is 0.00685. The number of aromatic nitrogens is 3. The molecule has 0 radical (unpaired) electrons. The molecule has 0 saturated carbocycles. The van der Waals surface area contributed by atoms with Gasteiger partial charge in [0.05, 0.1) is 18.0 Å². The maximum atomic E-state index is 5.99. The summed E-state index contributed by atoms with van der Waals surface area (Å²) < 4.78 is 6.86. The summed E-state index contributed by atoms with van der Waals surface area (Å²) in [5, 5.41) is 7.63. The molecule has 1 aromatic rings. The van der Waals surface area contributed by atoms with Gasteiger partial charge in [0.25, 0.3) is 0 Å². The first-order valence-electron chi connectivity index (χ1n) is 4.78. The molecule has 2 N–H and O–H groups in total. The number of aryl methyl sites for hydroxylation is 1. The molecule has 1 heterocycles. The molecule has 0 aliphatic rings. The van der Waals surface area contributed by atoms with E-state index in [1.807, 2.05) is 14.0 Å². The highest BCUT2D eigenvalue weighted by Gasteiger charge is 2.12. The van der Waals surface area contributed by atoms with Crippen molar-refractivity contribution in [3.05, 3.63) is 11.9 Å². The van der Waals surface area contributed by atoms with Gasteiger partial charge in [-0.3, -0.25) is 4.68 Å². The molecule has 0 aliphatic heterocycles. The highest BCUT2D eigenvalue weighted by Crippen LogP contribution is 2.15. The summed E-state index contributed by atoms with van der Waals surface area (Å²) in [6, 6.07) is -0.00685. The first-order valence-corrected chi connectivity index (χ1v) is 4.78. The quantitative estimate of drug-likeness (QED) is 0.753. The first-order chi connectivity index (χ1) is 6.65. The first kappa shape index (κ1) is 11.1. The summed E-state index contributed by atoms with van der Waals surface area (Å²) in [5.41, 5.74) is 6.95. The van der Waals surface area contributed by atoms with E-state index in [1.165, 1.54) is 0 Å². The molecular formula is C9H18N4O. The number of rotatable bonds is 5. The smallest absolute Gasteiger partial charge is 0.0751 e. The van der Waals surface area contributed by atoms with Crippen molar-refractivity contribution in [3.8, 4) is 0 Å². The molecule has 0 fully saturated rings. The van der Waals surface area contributed by atoms with Crippen molar-refractivity contribution < 1.29 is 4.74 Å². The molecule has 14 heavy (non-hydrogen) atoms. The van der Waals surface area contributed by atoms with E-state index in [4.69, 9.17) is 10.5 Å². The van der Waals surface area contributed by atoms with Crippen LogP contribution in [0.3, 0.4) is 0 Å². The van der Waals surface area contributed by atoms with Gasteiger partial charge in [-0.25, -0.2) is 0 Å². The van der Waals surface area contributed by atoms with Crippen molar-refractivity contribution in [3.63, 3.8) is 0 Å². The summed E-state index contributed by atoms with van der Waals surface area (Å²) in [4.78, 5) is 0. The van der Waals surface area contributed by atoms with Crippen LogP contribution in [-0.2, 0) is 11.8 Å². The molecule has 5 nitrogen and oxygen atoms in total. The molecular weight excluding hydrogens is 180 g/mol. The van der Waals surface area contributed by atoms with Gasteiger partial charge in [-0.15, -0.1) is 5.10 Å². The number of hydrogen-bond acceptors (Lipinski definition) is 4. The van der Waals surface area contributed by atoms with Gasteiger partial charge < -0.3 is 10.5 Å². The van der Waals surface area contributed by atoms with E-state index >= 15 is 0 Å². The highest BCUT2D eigenvalue weighted by atomic mass is 16.5. The fourth-order valence-electron chi connectivity index (χ4n) is 1.31. The molecule has 0 amide bonds. The predicted octanol–water partition coefficient (Wildman–Crippen LogP) is 0.630. The number of methoxy groups -OCH3 is 1. The zero-order valence-corrected chi connectivity index (χ0v) is 8.97. The summed E-state index contributed by atoms with van der Waals surface area (Å²) in [6.45, 7) is 2.04. The molecule has 5 heteroatoms. The summed E-state index contributed by atoms with van der Waals surface area (Å²) >= 11 is 0. The third-order valence-corrected chi connectivity index (χ3v) is 2.42. The number of hydrogen-bond donors (Lipinski definition) is 1. The normalized spacial score (nSPS) is 15.4. The number of nitrogens with zero attached hydrogens (tertiary/aromatic N) is 3. The minimum Gasteiger partial charge on any atom is -0.382 e. The molecule has 2 unspecified atom stereocenters. The molecule has 0 aliphatic carbocycles. The van der Waals surface area contributed by atoms with Gasteiger partial charge in [0.1, 0.15) is 0 Å². The van der Waals surface area contributed by atoms with E-state index < -0.39 is 0 Å². The van der Waals surface area contributed by atoms with Gasteiger partial charge in [0.2, 0.25) is 0 Å². The second-order valence-corrected chi connectivity index (χ2v) is 3.51. The Morgan fingerprint density at radius 1 is 1.57 bits per heavy atom. The SMILES string of the molecule is COC(C)CCC(N)c1cnnn1C. The second-order valence-electron chi connectivity index (χ2n) is 3.51. The lowest BCUT2D eigenvalue weighted by Crippen LogP contribution is -2.17. The van der Waals surface area contributed by atoms with Crippen LogP contribution in [0.4, 0.5) is 0 Å².